The minimum atomic E-state index is -2.27. The standard InChI is InChI=1S/C12H11Br2FO3/c1-2-5-18-12(17)10(15)11(16)7-3-4-8(13)9(14)6-7/h3-4,6,10H,2,5H2,1H3. The van der Waals surface area contributed by atoms with Crippen LogP contribution in [0.1, 0.15) is 23.7 Å². The first-order chi connectivity index (χ1) is 8.47. The van der Waals surface area contributed by atoms with Crippen LogP contribution in [0, 0.1) is 0 Å². The van der Waals surface area contributed by atoms with Crippen molar-refractivity contribution >= 4 is 43.6 Å². The molecule has 0 aliphatic rings. The normalized spacial score (nSPS) is 12.0. The number of benzene rings is 1. The first-order valence-electron chi connectivity index (χ1n) is 5.27. The first-order valence-corrected chi connectivity index (χ1v) is 6.86. The summed E-state index contributed by atoms with van der Waals surface area (Å²) in [5.41, 5.74) is 0.117. The summed E-state index contributed by atoms with van der Waals surface area (Å²) in [6.07, 6.45) is -1.69. The van der Waals surface area contributed by atoms with Crippen LogP contribution in [0.25, 0.3) is 0 Å². The molecule has 3 nitrogen and oxygen atoms in total. The van der Waals surface area contributed by atoms with Crippen molar-refractivity contribution in [3.63, 3.8) is 0 Å². The molecule has 18 heavy (non-hydrogen) atoms. The van der Waals surface area contributed by atoms with E-state index in [0.717, 1.165) is 4.47 Å². The second-order valence-corrected chi connectivity index (χ2v) is 5.23. The quantitative estimate of drug-likeness (QED) is 0.444. The maximum atomic E-state index is 13.6. The van der Waals surface area contributed by atoms with Crippen molar-refractivity contribution in [2.75, 3.05) is 6.61 Å². The van der Waals surface area contributed by atoms with Gasteiger partial charge in [-0.2, -0.15) is 0 Å². The lowest BCUT2D eigenvalue weighted by atomic mass is 10.1. The molecule has 1 unspecified atom stereocenters. The van der Waals surface area contributed by atoms with Gasteiger partial charge in [-0.1, -0.05) is 13.0 Å². The number of ether oxygens (including phenoxy) is 1. The van der Waals surface area contributed by atoms with E-state index >= 15 is 0 Å². The zero-order valence-corrected chi connectivity index (χ0v) is 12.8. The predicted octanol–water partition coefficient (Wildman–Crippen LogP) is 3.69. The Morgan fingerprint density at radius 3 is 2.56 bits per heavy atom. The van der Waals surface area contributed by atoms with Crippen LogP contribution < -0.4 is 0 Å². The van der Waals surface area contributed by atoms with Crippen molar-refractivity contribution in [3.8, 4) is 0 Å². The van der Waals surface area contributed by atoms with Gasteiger partial charge in [0.2, 0.25) is 5.78 Å². The SMILES string of the molecule is CCCOC(=O)C(F)C(=O)c1ccc(Br)c(Br)c1. The van der Waals surface area contributed by atoms with Crippen LogP contribution in [0.5, 0.6) is 0 Å². The molecule has 0 saturated heterocycles. The Bertz CT molecular complexity index is 463. The van der Waals surface area contributed by atoms with E-state index in [1.54, 1.807) is 13.0 Å². The third-order valence-corrected chi connectivity index (χ3v) is 3.97. The van der Waals surface area contributed by atoms with Crippen molar-refractivity contribution in [3.05, 3.63) is 32.7 Å². The summed E-state index contributed by atoms with van der Waals surface area (Å²) in [5.74, 6) is -2.04. The Morgan fingerprint density at radius 1 is 1.33 bits per heavy atom. The van der Waals surface area contributed by atoms with Crippen molar-refractivity contribution in [2.24, 2.45) is 0 Å². The van der Waals surface area contributed by atoms with Gasteiger partial charge >= 0.3 is 5.97 Å². The second kappa shape index (κ2) is 6.99. The van der Waals surface area contributed by atoms with Crippen LogP contribution in [0.4, 0.5) is 4.39 Å². The fraction of sp³-hybridized carbons (Fsp3) is 0.333. The van der Waals surface area contributed by atoms with E-state index in [0.29, 0.717) is 10.9 Å². The topological polar surface area (TPSA) is 43.4 Å². The molecule has 1 aromatic rings. The van der Waals surface area contributed by atoms with E-state index < -0.39 is 17.9 Å². The van der Waals surface area contributed by atoms with E-state index in [-0.39, 0.29) is 12.2 Å². The molecule has 0 spiro atoms. The number of rotatable bonds is 5. The number of halogens is 3. The lowest BCUT2D eigenvalue weighted by molar-refractivity contribution is -0.147. The van der Waals surface area contributed by atoms with Crippen LogP contribution in [0.2, 0.25) is 0 Å². The Kier molecular flexibility index (Phi) is 5.95. The number of ketones is 1. The summed E-state index contributed by atoms with van der Waals surface area (Å²) in [6, 6.07) is 4.49. The maximum absolute atomic E-state index is 13.6. The lowest BCUT2D eigenvalue weighted by Crippen LogP contribution is -2.28. The number of alkyl halides is 1. The molecule has 0 bridgehead atoms. The molecule has 0 heterocycles. The van der Waals surface area contributed by atoms with Gasteiger partial charge in [-0.05, 0) is 50.4 Å². The summed E-state index contributed by atoms with van der Waals surface area (Å²) < 4.78 is 19.5. The largest absolute Gasteiger partial charge is 0.463 e. The van der Waals surface area contributed by atoms with E-state index in [2.05, 4.69) is 36.6 Å². The maximum Gasteiger partial charge on any atom is 0.349 e. The lowest BCUT2D eigenvalue weighted by Gasteiger charge is -2.08. The molecule has 0 N–H and O–H groups in total. The highest BCUT2D eigenvalue weighted by molar-refractivity contribution is 9.13. The van der Waals surface area contributed by atoms with Gasteiger partial charge in [0.1, 0.15) is 0 Å². The molecule has 0 radical (unpaired) electrons. The third kappa shape index (κ3) is 3.88. The minimum Gasteiger partial charge on any atom is -0.463 e. The van der Waals surface area contributed by atoms with Crippen molar-refractivity contribution < 1.29 is 18.7 Å². The molecule has 0 amide bonds. The monoisotopic (exact) mass is 380 g/mol. The summed E-state index contributed by atoms with van der Waals surface area (Å²) in [6.45, 7) is 1.89. The Balaban J connectivity index is 2.79. The Morgan fingerprint density at radius 2 is 2.00 bits per heavy atom. The molecular formula is C12H11Br2FO3. The van der Waals surface area contributed by atoms with Crippen LogP contribution in [-0.2, 0) is 9.53 Å². The molecule has 1 rings (SSSR count). The summed E-state index contributed by atoms with van der Waals surface area (Å²) >= 11 is 6.44. The van der Waals surface area contributed by atoms with Gasteiger partial charge in [0.25, 0.3) is 6.17 Å². The molecular weight excluding hydrogens is 371 g/mol. The number of esters is 1. The third-order valence-electron chi connectivity index (χ3n) is 2.09. The van der Waals surface area contributed by atoms with Gasteiger partial charge in [-0.3, -0.25) is 4.79 Å². The van der Waals surface area contributed by atoms with Gasteiger partial charge in [0.05, 0.1) is 6.61 Å². The molecule has 0 fully saturated rings. The van der Waals surface area contributed by atoms with Gasteiger partial charge < -0.3 is 4.74 Å². The van der Waals surface area contributed by atoms with Crippen molar-refractivity contribution in [2.45, 2.75) is 19.5 Å². The van der Waals surface area contributed by atoms with Gasteiger partial charge in [0, 0.05) is 14.5 Å². The molecule has 1 atom stereocenters. The second-order valence-electron chi connectivity index (χ2n) is 3.52. The van der Waals surface area contributed by atoms with Crippen LogP contribution in [0.3, 0.4) is 0 Å². The van der Waals surface area contributed by atoms with E-state index in [4.69, 9.17) is 0 Å². The molecule has 0 saturated carbocycles. The highest BCUT2D eigenvalue weighted by Gasteiger charge is 2.28. The summed E-state index contributed by atoms with van der Waals surface area (Å²) in [4.78, 5) is 22.9. The van der Waals surface area contributed by atoms with E-state index in [9.17, 15) is 14.0 Å². The molecule has 0 aromatic heterocycles. The van der Waals surface area contributed by atoms with E-state index in [1.807, 2.05) is 0 Å². The van der Waals surface area contributed by atoms with Gasteiger partial charge in [-0.25, -0.2) is 9.18 Å². The number of Topliss-reactive ketones (excluding diaryl/α,β-unsaturated/α-hetero) is 1. The minimum absolute atomic E-state index is 0.108. The number of hydrogen-bond donors (Lipinski definition) is 0. The average Bonchev–Trinajstić information content (AvgIpc) is 2.37. The van der Waals surface area contributed by atoms with Gasteiger partial charge in [0.15, 0.2) is 0 Å². The summed E-state index contributed by atoms with van der Waals surface area (Å²) in [5, 5.41) is 0. The van der Waals surface area contributed by atoms with Crippen LogP contribution in [0.15, 0.2) is 27.1 Å². The van der Waals surface area contributed by atoms with Crippen LogP contribution >= 0.6 is 31.9 Å². The van der Waals surface area contributed by atoms with Crippen molar-refractivity contribution in [1.82, 2.24) is 0 Å². The summed E-state index contributed by atoms with van der Waals surface area (Å²) in [7, 11) is 0. The first kappa shape index (κ1) is 15.3. The fourth-order valence-corrected chi connectivity index (χ4v) is 1.80. The molecule has 0 aliphatic carbocycles. The molecule has 6 heteroatoms. The smallest absolute Gasteiger partial charge is 0.349 e. The number of carbonyl (C=O) groups excluding carboxylic acids is 2. The van der Waals surface area contributed by atoms with Crippen LogP contribution in [-0.4, -0.2) is 24.5 Å². The predicted molar refractivity (Wildman–Crippen MR) is 72.3 cm³/mol. The van der Waals surface area contributed by atoms with Gasteiger partial charge in [-0.15, -0.1) is 0 Å². The average molecular weight is 382 g/mol. The molecule has 1 aromatic carbocycles. The number of carbonyl (C=O) groups is 2. The Labute approximate surface area is 121 Å². The molecule has 0 aliphatic heterocycles. The zero-order valence-electron chi connectivity index (χ0n) is 9.58. The van der Waals surface area contributed by atoms with E-state index in [1.165, 1.54) is 12.1 Å². The highest BCUT2D eigenvalue weighted by Crippen LogP contribution is 2.24. The highest BCUT2D eigenvalue weighted by atomic mass is 79.9. The molecule has 98 valence electrons. The fourth-order valence-electron chi connectivity index (χ4n) is 1.18. The number of hydrogen-bond acceptors (Lipinski definition) is 3. The Hall–Kier alpha value is -0.750. The van der Waals surface area contributed by atoms with Crippen molar-refractivity contribution in [1.29, 1.82) is 0 Å². The zero-order chi connectivity index (χ0) is 13.7.